The second kappa shape index (κ2) is 9.01. The molecule has 4 bridgehead atoms. The molecular weight excluding hydrogens is 356 g/mol. The highest BCUT2D eigenvalue weighted by Crippen LogP contribution is 2.39. The molecule has 0 aromatic rings. The first-order valence-electron chi connectivity index (χ1n) is 10.9. The van der Waals surface area contributed by atoms with E-state index < -0.39 is 0 Å². The number of carbonyl (C=O) groups excluding carboxylic acids is 2. The predicted molar refractivity (Wildman–Crippen MR) is 106 cm³/mol. The van der Waals surface area contributed by atoms with Gasteiger partial charge in [-0.3, -0.25) is 0 Å². The first-order chi connectivity index (χ1) is 13.7. The van der Waals surface area contributed by atoms with Crippen molar-refractivity contribution in [2.75, 3.05) is 13.2 Å². The Morgan fingerprint density at radius 2 is 1.14 bits per heavy atom. The second-order valence-corrected chi connectivity index (χ2v) is 8.75. The number of ether oxygens (including phenoxy) is 2. The number of rotatable bonds is 9. The summed E-state index contributed by atoms with van der Waals surface area (Å²) < 4.78 is 10.6. The van der Waals surface area contributed by atoms with Crippen LogP contribution in [0.1, 0.15) is 51.4 Å². The minimum atomic E-state index is -0.290. The third-order valence-electron chi connectivity index (χ3n) is 6.67. The van der Waals surface area contributed by atoms with E-state index >= 15 is 0 Å². The topological polar surface area (TPSA) is 76.7 Å². The van der Waals surface area contributed by atoms with Crippen LogP contribution in [0.5, 0.6) is 0 Å². The fraction of sp³-hybridized carbons (Fsp3) is 0.727. The standard InChI is InChI=1S/C22H32N2O4/c25-21(23-19-13-15-5-7-17(19)11-15)27-9-3-1-2-4-10-28-22(26)24-20-14-16-6-8-18(20)12-16/h5-8,15-20H,1-4,9-14H2,(H,23,25)(H,24,26). The highest BCUT2D eigenvalue weighted by atomic mass is 16.6. The molecule has 2 saturated carbocycles. The van der Waals surface area contributed by atoms with Crippen LogP contribution in [0.4, 0.5) is 9.59 Å². The Morgan fingerprint density at radius 1 is 0.679 bits per heavy atom. The van der Waals surface area contributed by atoms with Gasteiger partial charge in [0.15, 0.2) is 0 Å². The van der Waals surface area contributed by atoms with E-state index in [4.69, 9.17) is 9.47 Å². The zero-order valence-electron chi connectivity index (χ0n) is 16.5. The van der Waals surface area contributed by atoms with Crippen molar-refractivity contribution >= 4 is 12.2 Å². The third-order valence-corrected chi connectivity index (χ3v) is 6.67. The molecule has 6 heteroatoms. The maximum atomic E-state index is 11.8. The van der Waals surface area contributed by atoms with Crippen molar-refractivity contribution in [3.05, 3.63) is 24.3 Å². The number of nitrogens with one attached hydrogen (secondary N) is 2. The quantitative estimate of drug-likeness (QED) is 0.463. The molecule has 2 N–H and O–H groups in total. The Hall–Kier alpha value is -1.98. The lowest BCUT2D eigenvalue weighted by Gasteiger charge is -2.19. The van der Waals surface area contributed by atoms with Crippen LogP contribution in [-0.4, -0.2) is 37.5 Å². The van der Waals surface area contributed by atoms with E-state index in [1.807, 2.05) is 0 Å². The average Bonchev–Trinajstić information content (AvgIpc) is 3.45. The Balaban J connectivity index is 0.962. The van der Waals surface area contributed by atoms with Crippen LogP contribution in [0.2, 0.25) is 0 Å². The molecule has 0 saturated heterocycles. The van der Waals surface area contributed by atoms with Gasteiger partial charge in [0.2, 0.25) is 0 Å². The van der Waals surface area contributed by atoms with Gasteiger partial charge < -0.3 is 20.1 Å². The number of amides is 2. The lowest BCUT2D eigenvalue weighted by Crippen LogP contribution is -2.38. The smallest absolute Gasteiger partial charge is 0.407 e. The van der Waals surface area contributed by atoms with E-state index in [9.17, 15) is 9.59 Å². The number of unbranched alkanes of at least 4 members (excludes halogenated alkanes) is 3. The molecule has 0 aliphatic heterocycles. The lowest BCUT2D eigenvalue weighted by atomic mass is 10.0. The molecule has 28 heavy (non-hydrogen) atoms. The van der Waals surface area contributed by atoms with E-state index in [1.54, 1.807) is 0 Å². The minimum Gasteiger partial charge on any atom is -0.450 e. The Kier molecular flexibility index (Phi) is 6.23. The summed E-state index contributed by atoms with van der Waals surface area (Å²) in [6.07, 6.45) is 16.4. The molecule has 6 atom stereocenters. The van der Waals surface area contributed by atoms with E-state index in [2.05, 4.69) is 34.9 Å². The molecular formula is C22H32N2O4. The van der Waals surface area contributed by atoms with Crippen molar-refractivity contribution in [2.45, 2.75) is 63.5 Å². The SMILES string of the molecule is O=C(NC1CC2C=CC1C2)OCCCCCCOC(=O)NC1CC2C=CC1C2. The number of hydrogen-bond donors (Lipinski definition) is 2. The van der Waals surface area contributed by atoms with Gasteiger partial charge in [0, 0.05) is 12.1 Å². The summed E-state index contributed by atoms with van der Waals surface area (Å²) in [4.78, 5) is 23.7. The largest absolute Gasteiger partial charge is 0.450 e. The van der Waals surface area contributed by atoms with E-state index in [-0.39, 0.29) is 24.3 Å². The molecule has 4 rings (SSSR count). The molecule has 0 radical (unpaired) electrons. The first-order valence-corrected chi connectivity index (χ1v) is 10.9. The summed E-state index contributed by atoms with van der Waals surface area (Å²) in [6, 6.07) is 0.502. The van der Waals surface area contributed by atoms with Crippen LogP contribution in [0.3, 0.4) is 0 Å². The molecule has 4 aliphatic carbocycles. The molecule has 6 unspecified atom stereocenters. The minimum absolute atomic E-state index is 0.251. The van der Waals surface area contributed by atoms with Crippen LogP contribution in [0.15, 0.2) is 24.3 Å². The number of allylic oxidation sites excluding steroid dienone is 2. The number of carbonyl (C=O) groups is 2. The molecule has 0 aromatic carbocycles. The Bertz CT molecular complexity index is 578. The van der Waals surface area contributed by atoms with Gasteiger partial charge in [0.1, 0.15) is 0 Å². The van der Waals surface area contributed by atoms with Crippen molar-refractivity contribution in [1.82, 2.24) is 10.6 Å². The second-order valence-electron chi connectivity index (χ2n) is 8.75. The van der Waals surface area contributed by atoms with Gasteiger partial charge in [-0.25, -0.2) is 9.59 Å². The summed E-state index contributed by atoms with van der Waals surface area (Å²) in [5.41, 5.74) is 0. The van der Waals surface area contributed by atoms with Gasteiger partial charge in [0.25, 0.3) is 0 Å². The van der Waals surface area contributed by atoms with E-state index in [0.29, 0.717) is 36.9 Å². The highest BCUT2D eigenvalue weighted by molar-refractivity contribution is 5.68. The monoisotopic (exact) mass is 388 g/mol. The molecule has 2 fully saturated rings. The lowest BCUT2D eigenvalue weighted by molar-refractivity contribution is 0.133. The molecule has 154 valence electrons. The predicted octanol–water partition coefficient (Wildman–Crippen LogP) is 3.93. The van der Waals surface area contributed by atoms with Gasteiger partial charge in [-0.2, -0.15) is 0 Å². The van der Waals surface area contributed by atoms with Gasteiger partial charge in [-0.05, 0) is 75.0 Å². The zero-order valence-corrected chi connectivity index (χ0v) is 16.5. The molecule has 6 nitrogen and oxygen atoms in total. The fourth-order valence-corrected chi connectivity index (χ4v) is 5.17. The van der Waals surface area contributed by atoms with Crippen molar-refractivity contribution < 1.29 is 19.1 Å². The van der Waals surface area contributed by atoms with Crippen molar-refractivity contribution in [3.8, 4) is 0 Å². The first kappa shape index (κ1) is 19.3. The van der Waals surface area contributed by atoms with E-state index in [1.165, 1.54) is 12.8 Å². The van der Waals surface area contributed by atoms with Gasteiger partial charge in [-0.15, -0.1) is 0 Å². The maximum Gasteiger partial charge on any atom is 0.407 e. The summed E-state index contributed by atoms with van der Waals surface area (Å²) in [5, 5.41) is 5.98. The fourth-order valence-electron chi connectivity index (χ4n) is 5.17. The average molecular weight is 389 g/mol. The van der Waals surface area contributed by atoms with Crippen LogP contribution in [0.25, 0.3) is 0 Å². The molecule has 4 aliphatic rings. The zero-order chi connectivity index (χ0) is 19.3. The van der Waals surface area contributed by atoms with Gasteiger partial charge in [-0.1, -0.05) is 24.3 Å². The number of hydrogen-bond acceptors (Lipinski definition) is 4. The Labute approximate surface area is 167 Å². The number of fused-ring (bicyclic) bond motifs is 4. The van der Waals surface area contributed by atoms with Crippen molar-refractivity contribution in [2.24, 2.45) is 23.7 Å². The highest BCUT2D eigenvalue weighted by Gasteiger charge is 2.37. The van der Waals surface area contributed by atoms with Crippen LogP contribution < -0.4 is 10.6 Å². The summed E-state index contributed by atoms with van der Waals surface area (Å²) in [7, 11) is 0. The van der Waals surface area contributed by atoms with Gasteiger partial charge in [0.05, 0.1) is 13.2 Å². The third kappa shape index (κ3) is 4.89. The molecule has 0 spiro atoms. The molecule has 2 amide bonds. The van der Waals surface area contributed by atoms with Crippen LogP contribution in [-0.2, 0) is 9.47 Å². The van der Waals surface area contributed by atoms with Crippen LogP contribution in [0, 0.1) is 23.7 Å². The van der Waals surface area contributed by atoms with E-state index in [0.717, 1.165) is 38.5 Å². The Morgan fingerprint density at radius 3 is 1.50 bits per heavy atom. The summed E-state index contributed by atoms with van der Waals surface area (Å²) >= 11 is 0. The van der Waals surface area contributed by atoms with Crippen molar-refractivity contribution in [3.63, 3.8) is 0 Å². The molecule has 0 aromatic heterocycles. The van der Waals surface area contributed by atoms with Crippen LogP contribution >= 0.6 is 0 Å². The van der Waals surface area contributed by atoms with Crippen molar-refractivity contribution in [1.29, 1.82) is 0 Å². The molecule has 0 heterocycles. The van der Waals surface area contributed by atoms with Gasteiger partial charge >= 0.3 is 12.2 Å². The normalized spacial score (nSPS) is 34.0. The number of alkyl carbamates (subject to hydrolysis) is 2. The summed E-state index contributed by atoms with van der Waals surface area (Å²) in [6.45, 7) is 0.892. The maximum absolute atomic E-state index is 11.8. The summed E-state index contributed by atoms with van der Waals surface area (Å²) in [5.74, 6) is 2.28.